The van der Waals surface area contributed by atoms with Gasteiger partial charge in [-0.1, -0.05) is 11.6 Å². The SMILES string of the molecule is COC(=O)/C=C(/Nc1cc(Cl)ccc1C(=O)N(C)C)C(=O)OC. The summed E-state index contributed by atoms with van der Waals surface area (Å²) in [4.78, 5) is 36.7. The van der Waals surface area contributed by atoms with Crippen molar-refractivity contribution in [3.63, 3.8) is 0 Å². The van der Waals surface area contributed by atoms with Gasteiger partial charge in [0.25, 0.3) is 5.91 Å². The van der Waals surface area contributed by atoms with Crippen LogP contribution in [0.15, 0.2) is 30.0 Å². The molecule has 1 aromatic rings. The van der Waals surface area contributed by atoms with Crippen LogP contribution < -0.4 is 5.32 Å². The van der Waals surface area contributed by atoms with Gasteiger partial charge in [0, 0.05) is 19.1 Å². The molecule has 0 radical (unpaired) electrons. The van der Waals surface area contributed by atoms with Crippen LogP contribution in [-0.4, -0.2) is 51.1 Å². The molecule has 0 fully saturated rings. The Morgan fingerprint density at radius 1 is 1.17 bits per heavy atom. The predicted octanol–water partition coefficient (Wildman–Crippen LogP) is 1.68. The van der Waals surface area contributed by atoms with Crippen molar-refractivity contribution in [2.45, 2.75) is 0 Å². The van der Waals surface area contributed by atoms with Crippen molar-refractivity contribution in [3.8, 4) is 0 Å². The standard InChI is InChI=1S/C15H17ClN2O5/c1-18(2)14(20)10-6-5-9(16)7-11(10)17-12(15(21)23-4)8-13(19)22-3/h5-8,17H,1-4H3/b12-8+. The third kappa shape index (κ3) is 5.00. The Balaban J connectivity index is 3.30. The van der Waals surface area contributed by atoms with E-state index in [1.807, 2.05) is 0 Å². The number of nitrogens with one attached hydrogen (secondary N) is 1. The minimum Gasteiger partial charge on any atom is -0.466 e. The van der Waals surface area contributed by atoms with Crippen molar-refractivity contribution in [1.82, 2.24) is 4.90 Å². The maximum atomic E-state index is 12.2. The van der Waals surface area contributed by atoms with Gasteiger partial charge in [0.1, 0.15) is 5.70 Å². The van der Waals surface area contributed by atoms with E-state index in [4.69, 9.17) is 11.6 Å². The summed E-state index contributed by atoms with van der Waals surface area (Å²) >= 11 is 5.94. The first kappa shape index (κ1) is 18.5. The molecule has 7 nitrogen and oxygen atoms in total. The van der Waals surface area contributed by atoms with E-state index in [0.717, 1.165) is 6.08 Å². The number of methoxy groups -OCH3 is 2. The second-order valence-electron chi connectivity index (χ2n) is 4.59. The minimum atomic E-state index is -0.793. The third-order valence-electron chi connectivity index (χ3n) is 2.76. The quantitative estimate of drug-likeness (QED) is 0.648. The molecular weight excluding hydrogens is 324 g/mol. The first-order valence-electron chi connectivity index (χ1n) is 6.46. The number of rotatable bonds is 5. The molecule has 0 saturated carbocycles. The molecule has 0 aliphatic carbocycles. The molecule has 0 spiro atoms. The van der Waals surface area contributed by atoms with E-state index in [2.05, 4.69) is 14.8 Å². The lowest BCUT2D eigenvalue weighted by Crippen LogP contribution is -2.24. The number of anilines is 1. The first-order chi connectivity index (χ1) is 10.8. The van der Waals surface area contributed by atoms with Gasteiger partial charge in [0.05, 0.1) is 31.5 Å². The molecule has 0 unspecified atom stereocenters. The fourth-order valence-electron chi connectivity index (χ4n) is 1.63. The van der Waals surface area contributed by atoms with Crippen molar-refractivity contribution in [1.29, 1.82) is 0 Å². The smallest absolute Gasteiger partial charge is 0.354 e. The minimum absolute atomic E-state index is 0.186. The Kier molecular flexibility index (Phi) is 6.59. The number of carbonyl (C=O) groups excluding carboxylic acids is 3. The lowest BCUT2D eigenvalue weighted by Gasteiger charge is -2.16. The Morgan fingerprint density at radius 2 is 1.83 bits per heavy atom. The monoisotopic (exact) mass is 340 g/mol. The number of amides is 1. The van der Waals surface area contributed by atoms with Crippen molar-refractivity contribution in [2.24, 2.45) is 0 Å². The summed E-state index contributed by atoms with van der Waals surface area (Å²) in [6.07, 6.45) is 0.927. The van der Waals surface area contributed by atoms with Gasteiger partial charge in [0.2, 0.25) is 0 Å². The van der Waals surface area contributed by atoms with Crippen LogP contribution in [0.4, 0.5) is 5.69 Å². The third-order valence-corrected chi connectivity index (χ3v) is 2.99. The van der Waals surface area contributed by atoms with Crippen molar-refractivity contribution in [3.05, 3.63) is 40.6 Å². The summed E-state index contributed by atoms with van der Waals surface area (Å²) in [5.74, 6) is -1.84. The molecule has 0 atom stereocenters. The highest BCUT2D eigenvalue weighted by Gasteiger charge is 2.18. The van der Waals surface area contributed by atoms with Crippen LogP contribution in [0.5, 0.6) is 0 Å². The number of esters is 2. The van der Waals surface area contributed by atoms with Crippen LogP contribution >= 0.6 is 11.6 Å². The highest BCUT2D eigenvalue weighted by atomic mass is 35.5. The Bertz CT molecular complexity index is 655. The number of ether oxygens (including phenoxy) is 2. The zero-order valence-corrected chi connectivity index (χ0v) is 13.9. The van der Waals surface area contributed by atoms with E-state index in [1.54, 1.807) is 20.2 Å². The lowest BCUT2D eigenvalue weighted by atomic mass is 10.1. The lowest BCUT2D eigenvalue weighted by molar-refractivity contribution is -0.138. The number of hydrogen-bond donors (Lipinski definition) is 1. The maximum absolute atomic E-state index is 12.2. The molecule has 124 valence electrons. The summed E-state index contributed by atoms with van der Waals surface area (Å²) in [5, 5.41) is 3.05. The number of hydrogen-bond acceptors (Lipinski definition) is 6. The first-order valence-corrected chi connectivity index (χ1v) is 6.84. The number of carbonyl (C=O) groups is 3. The van der Waals surface area contributed by atoms with Crippen molar-refractivity contribution >= 4 is 35.1 Å². The molecule has 1 aromatic carbocycles. The van der Waals surface area contributed by atoms with E-state index >= 15 is 0 Å². The zero-order chi connectivity index (χ0) is 17.6. The summed E-state index contributed by atoms with van der Waals surface area (Å²) in [5.41, 5.74) is 0.352. The van der Waals surface area contributed by atoms with E-state index in [0.29, 0.717) is 5.02 Å². The van der Waals surface area contributed by atoms with Gasteiger partial charge in [-0.25, -0.2) is 9.59 Å². The Labute approximate surface area is 138 Å². The van der Waals surface area contributed by atoms with Crippen molar-refractivity contribution in [2.75, 3.05) is 33.6 Å². The molecule has 0 aromatic heterocycles. The van der Waals surface area contributed by atoms with Crippen molar-refractivity contribution < 1.29 is 23.9 Å². The van der Waals surface area contributed by atoms with Gasteiger partial charge in [-0.2, -0.15) is 0 Å². The maximum Gasteiger partial charge on any atom is 0.354 e. The summed E-state index contributed by atoms with van der Waals surface area (Å²) < 4.78 is 9.09. The summed E-state index contributed by atoms with van der Waals surface area (Å²) in [6.45, 7) is 0. The largest absolute Gasteiger partial charge is 0.466 e. The van der Waals surface area contributed by atoms with Crippen LogP contribution in [0.2, 0.25) is 5.02 Å². The highest BCUT2D eigenvalue weighted by Crippen LogP contribution is 2.24. The molecule has 0 bridgehead atoms. The Morgan fingerprint density at radius 3 is 2.35 bits per heavy atom. The molecule has 1 N–H and O–H groups in total. The zero-order valence-electron chi connectivity index (χ0n) is 13.2. The van der Waals surface area contributed by atoms with Gasteiger partial charge in [-0.05, 0) is 18.2 Å². The van der Waals surface area contributed by atoms with E-state index < -0.39 is 11.9 Å². The number of halogens is 1. The van der Waals surface area contributed by atoms with Crippen LogP contribution in [-0.2, 0) is 19.1 Å². The van der Waals surface area contributed by atoms with Crippen LogP contribution in [0.1, 0.15) is 10.4 Å². The molecule has 1 amide bonds. The van der Waals surface area contributed by atoms with E-state index in [-0.39, 0.29) is 22.9 Å². The van der Waals surface area contributed by atoms with E-state index in [1.165, 1.54) is 31.3 Å². The normalized spacial score (nSPS) is 10.7. The highest BCUT2D eigenvalue weighted by molar-refractivity contribution is 6.31. The van der Waals surface area contributed by atoms with Crippen LogP contribution in [0, 0.1) is 0 Å². The van der Waals surface area contributed by atoms with Gasteiger partial charge >= 0.3 is 11.9 Å². The van der Waals surface area contributed by atoms with Gasteiger partial charge in [0.15, 0.2) is 0 Å². The summed E-state index contributed by atoms with van der Waals surface area (Å²) in [7, 11) is 5.52. The Hall–Kier alpha value is -2.54. The molecule has 23 heavy (non-hydrogen) atoms. The average Bonchev–Trinajstić information content (AvgIpc) is 2.52. The van der Waals surface area contributed by atoms with Gasteiger partial charge < -0.3 is 19.7 Å². The molecule has 0 saturated heterocycles. The van der Waals surface area contributed by atoms with Gasteiger partial charge in [-0.15, -0.1) is 0 Å². The fraction of sp³-hybridized carbons (Fsp3) is 0.267. The number of benzene rings is 1. The fourth-order valence-corrected chi connectivity index (χ4v) is 1.80. The second kappa shape index (κ2) is 8.19. The molecule has 0 heterocycles. The average molecular weight is 341 g/mol. The van der Waals surface area contributed by atoms with E-state index in [9.17, 15) is 14.4 Å². The predicted molar refractivity (Wildman–Crippen MR) is 85.2 cm³/mol. The van der Waals surface area contributed by atoms with Gasteiger partial charge in [-0.3, -0.25) is 4.79 Å². The molecule has 1 rings (SSSR count). The molecule has 0 aliphatic heterocycles. The van der Waals surface area contributed by atoms with Crippen LogP contribution in [0.25, 0.3) is 0 Å². The molecule has 0 aliphatic rings. The summed E-state index contributed by atoms with van der Waals surface area (Å²) in [6, 6.07) is 4.53. The molecular formula is C15H17ClN2O5. The number of nitrogens with zero attached hydrogens (tertiary/aromatic N) is 1. The van der Waals surface area contributed by atoms with Crippen LogP contribution in [0.3, 0.4) is 0 Å². The molecule has 8 heteroatoms. The second-order valence-corrected chi connectivity index (χ2v) is 5.02. The topological polar surface area (TPSA) is 84.9 Å².